The monoisotopic (exact) mass is 167 g/mol. The fourth-order valence-electron chi connectivity index (χ4n) is 0.925. The Morgan fingerprint density at radius 3 is 2.50 bits per heavy atom. The molecule has 65 valence electrons. The molecule has 0 heterocycles. The second-order valence-electron chi connectivity index (χ2n) is 2.24. The number of aliphatic hydroxyl groups excluding tert-OH is 1. The van der Waals surface area contributed by atoms with Gasteiger partial charge in [0.15, 0.2) is 0 Å². The lowest BCUT2D eigenvalue weighted by Crippen LogP contribution is -1.91. The predicted molar refractivity (Wildman–Crippen MR) is 44.9 cm³/mol. The van der Waals surface area contributed by atoms with Crippen LogP contribution in [0.4, 0.5) is 0 Å². The summed E-state index contributed by atoms with van der Waals surface area (Å²) in [6.45, 7) is 0.998. The fraction of sp³-hybridized carbons (Fsp3) is 0.222. The van der Waals surface area contributed by atoms with Crippen molar-refractivity contribution in [2.24, 2.45) is 0 Å². The van der Waals surface area contributed by atoms with Crippen molar-refractivity contribution in [3.8, 4) is 11.5 Å². The summed E-state index contributed by atoms with van der Waals surface area (Å²) in [6.07, 6.45) is 0. The molecule has 0 bridgehead atoms. The van der Waals surface area contributed by atoms with E-state index in [1.165, 1.54) is 0 Å². The van der Waals surface area contributed by atoms with Gasteiger partial charge >= 0.3 is 0 Å². The van der Waals surface area contributed by atoms with Crippen LogP contribution in [0.25, 0.3) is 0 Å². The molecule has 0 aliphatic carbocycles. The second-order valence-corrected chi connectivity index (χ2v) is 2.24. The fourth-order valence-corrected chi connectivity index (χ4v) is 0.925. The highest BCUT2D eigenvalue weighted by Gasteiger charge is 2.02. The second kappa shape index (κ2) is 3.97. The summed E-state index contributed by atoms with van der Waals surface area (Å²) in [4.78, 5) is 0. The zero-order chi connectivity index (χ0) is 8.97. The number of hydrogen-bond donors (Lipinski definition) is 1. The summed E-state index contributed by atoms with van der Waals surface area (Å²) in [5.74, 6) is 1.30. The summed E-state index contributed by atoms with van der Waals surface area (Å²) >= 11 is 0. The van der Waals surface area contributed by atoms with Crippen LogP contribution in [0.1, 0.15) is 5.56 Å². The summed E-state index contributed by atoms with van der Waals surface area (Å²) in [6, 6.07) is 5.18. The standard InChI is InChI=1S/C9H11O3/c1-11-8-4-3-7(6-10)9(5-8)12-2/h3-6,10H,1-2H3. The molecule has 1 radical (unpaired) electrons. The number of hydrogen-bond acceptors (Lipinski definition) is 3. The van der Waals surface area contributed by atoms with E-state index in [1.807, 2.05) is 0 Å². The molecule has 1 aromatic rings. The first kappa shape index (κ1) is 8.87. The first-order chi connectivity index (χ1) is 5.81. The third-order valence-corrected chi connectivity index (χ3v) is 1.58. The molecule has 1 aromatic carbocycles. The van der Waals surface area contributed by atoms with Crippen molar-refractivity contribution >= 4 is 0 Å². The van der Waals surface area contributed by atoms with Gasteiger partial charge in [-0.05, 0) is 12.1 Å². The van der Waals surface area contributed by atoms with Crippen LogP contribution < -0.4 is 9.47 Å². The molecule has 0 saturated carbocycles. The van der Waals surface area contributed by atoms with Gasteiger partial charge in [-0.25, -0.2) is 0 Å². The zero-order valence-electron chi connectivity index (χ0n) is 7.07. The van der Waals surface area contributed by atoms with Crippen LogP contribution in [0.3, 0.4) is 0 Å². The lowest BCUT2D eigenvalue weighted by molar-refractivity contribution is 0.376. The lowest BCUT2D eigenvalue weighted by atomic mass is 10.2. The number of aliphatic hydroxyl groups is 1. The Labute approximate surface area is 71.5 Å². The Hall–Kier alpha value is -1.22. The molecule has 1 rings (SSSR count). The van der Waals surface area contributed by atoms with E-state index in [1.54, 1.807) is 32.4 Å². The molecule has 12 heavy (non-hydrogen) atoms. The highest BCUT2D eigenvalue weighted by atomic mass is 16.5. The molecule has 0 aromatic heterocycles. The minimum atomic E-state index is 0.594. The first-order valence-electron chi connectivity index (χ1n) is 3.51. The van der Waals surface area contributed by atoms with Gasteiger partial charge in [0.05, 0.1) is 14.2 Å². The normalized spacial score (nSPS) is 9.58. The Morgan fingerprint density at radius 1 is 1.25 bits per heavy atom. The lowest BCUT2D eigenvalue weighted by Gasteiger charge is -2.07. The minimum absolute atomic E-state index is 0.594. The van der Waals surface area contributed by atoms with Crippen molar-refractivity contribution in [2.75, 3.05) is 14.2 Å². The molecule has 0 fully saturated rings. The third kappa shape index (κ3) is 1.68. The van der Waals surface area contributed by atoms with Gasteiger partial charge in [0.2, 0.25) is 0 Å². The van der Waals surface area contributed by atoms with Gasteiger partial charge in [0, 0.05) is 11.6 Å². The van der Waals surface area contributed by atoms with E-state index >= 15 is 0 Å². The van der Waals surface area contributed by atoms with Crippen molar-refractivity contribution in [3.63, 3.8) is 0 Å². The molecule has 3 heteroatoms. The first-order valence-corrected chi connectivity index (χ1v) is 3.51. The SMILES string of the molecule is COc1ccc([CH]O)c(OC)c1. The maximum absolute atomic E-state index is 8.77. The maximum atomic E-state index is 8.77. The highest BCUT2D eigenvalue weighted by molar-refractivity contribution is 5.43. The number of methoxy groups -OCH3 is 2. The largest absolute Gasteiger partial charge is 0.497 e. The molecule has 0 unspecified atom stereocenters. The molecule has 1 N–H and O–H groups in total. The number of ether oxygens (including phenoxy) is 2. The summed E-state index contributed by atoms with van der Waals surface area (Å²) < 4.78 is 9.99. The molecule has 0 aliphatic rings. The van der Waals surface area contributed by atoms with Gasteiger partial charge < -0.3 is 14.6 Å². The number of rotatable bonds is 3. The van der Waals surface area contributed by atoms with Crippen LogP contribution in [-0.2, 0) is 0 Å². The van der Waals surface area contributed by atoms with Gasteiger partial charge in [-0.3, -0.25) is 0 Å². The molecule has 0 atom stereocenters. The highest BCUT2D eigenvalue weighted by Crippen LogP contribution is 2.24. The average Bonchev–Trinajstić information content (AvgIpc) is 2.16. The molecule has 3 nitrogen and oxygen atoms in total. The zero-order valence-corrected chi connectivity index (χ0v) is 7.07. The molecular weight excluding hydrogens is 156 g/mol. The van der Waals surface area contributed by atoms with Crippen LogP contribution in [0, 0.1) is 6.61 Å². The third-order valence-electron chi connectivity index (χ3n) is 1.58. The van der Waals surface area contributed by atoms with Gasteiger partial charge in [-0.2, -0.15) is 0 Å². The predicted octanol–water partition coefficient (Wildman–Crippen LogP) is 1.59. The van der Waals surface area contributed by atoms with E-state index < -0.39 is 0 Å². The van der Waals surface area contributed by atoms with E-state index in [9.17, 15) is 0 Å². The van der Waals surface area contributed by atoms with Gasteiger partial charge in [-0.15, -0.1) is 0 Å². The average molecular weight is 167 g/mol. The van der Waals surface area contributed by atoms with Crippen LogP contribution in [0.15, 0.2) is 18.2 Å². The minimum Gasteiger partial charge on any atom is -0.497 e. The van der Waals surface area contributed by atoms with Crippen molar-refractivity contribution in [3.05, 3.63) is 30.4 Å². The van der Waals surface area contributed by atoms with E-state index in [0.29, 0.717) is 17.1 Å². The molecular formula is C9H11O3. The van der Waals surface area contributed by atoms with Crippen LogP contribution in [-0.4, -0.2) is 19.3 Å². The van der Waals surface area contributed by atoms with E-state index in [-0.39, 0.29) is 0 Å². The van der Waals surface area contributed by atoms with Crippen molar-refractivity contribution < 1.29 is 14.6 Å². The van der Waals surface area contributed by atoms with E-state index in [0.717, 1.165) is 6.61 Å². The summed E-state index contributed by atoms with van der Waals surface area (Å²) in [5.41, 5.74) is 0.637. The Bertz CT molecular complexity index is 258. The Kier molecular flexibility index (Phi) is 2.94. The van der Waals surface area contributed by atoms with Crippen molar-refractivity contribution in [2.45, 2.75) is 0 Å². The quantitative estimate of drug-likeness (QED) is 0.742. The summed E-state index contributed by atoms with van der Waals surface area (Å²) in [7, 11) is 3.12. The summed E-state index contributed by atoms with van der Waals surface area (Å²) in [5, 5.41) is 8.77. The van der Waals surface area contributed by atoms with Crippen molar-refractivity contribution in [1.82, 2.24) is 0 Å². The number of benzene rings is 1. The molecule has 0 saturated heterocycles. The molecule has 0 aliphatic heterocycles. The van der Waals surface area contributed by atoms with E-state index in [2.05, 4.69) is 0 Å². The van der Waals surface area contributed by atoms with E-state index in [4.69, 9.17) is 14.6 Å². The smallest absolute Gasteiger partial charge is 0.128 e. The molecule has 0 spiro atoms. The Morgan fingerprint density at radius 2 is 2.00 bits per heavy atom. The van der Waals surface area contributed by atoms with Crippen molar-refractivity contribution in [1.29, 1.82) is 0 Å². The van der Waals surface area contributed by atoms with Gasteiger partial charge in [-0.1, -0.05) is 0 Å². The Balaban J connectivity index is 3.02. The van der Waals surface area contributed by atoms with Crippen LogP contribution >= 0.6 is 0 Å². The van der Waals surface area contributed by atoms with Crippen LogP contribution in [0.5, 0.6) is 11.5 Å². The van der Waals surface area contributed by atoms with Gasteiger partial charge in [0.25, 0.3) is 0 Å². The molecule has 0 amide bonds. The maximum Gasteiger partial charge on any atom is 0.128 e. The van der Waals surface area contributed by atoms with Crippen LogP contribution in [0.2, 0.25) is 0 Å². The van der Waals surface area contributed by atoms with Gasteiger partial charge in [0.1, 0.15) is 18.1 Å². The topological polar surface area (TPSA) is 38.7 Å².